The fourth-order valence-electron chi connectivity index (χ4n) is 2.33. The molecule has 0 bridgehead atoms. The second kappa shape index (κ2) is 8.11. The number of nitrogens with one attached hydrogen (secondary N) is 1. The van der Waals surface area contributed by atoms with Crippen molar-refractivity contribution < 1.29 is 9.15 Å². The van der Waals surface area contributed by atoms with Gasteiger partial charge in [0.2, 0.25) is 0 Å². The zero-order valence-corrected chi connectivity index (χ0v) is 13.9. The first kappa shape index (κ1) is 17.6. The maximum absolute atomic E-state index is 5.57. The average Bonchev–Trinajstić information content (AvgIpc) is 2.77. The zero-order chi connectivity index (χ0) is 14.5. The van der Waals surface area contributed by atoms with Crippen molar-refractivity contribution in [3.05, 3.63) is 53.0 Å². The van der Waals surface area contributed by atoms with Crippen LogP contribution in [0.2, 0.25) is 0 Å². The number of ether oxygens (including phenoxy) is 1. The molecule has 0 aliphatic rings. The summed E-state index contributed by atoms with van der Waals surface area (Å²) >= 11 is 0. The minimum absolute atomic E-state index is 0. The van der Waals surface area contributed by atoms with Crippen LogP contribution in [0.3, 0.4) is 0 Å². The van der Waals surface area contributed by atoms with Gasteiger partial charge in [-0.15, -0.1) is 12.4 Å². The average molecular weight is 310 g/mol. The van der Waals surface area contributed by atoms with Crippen LogP contribution in [0.1, 0.15) is 42.5 Å². The Hall–Kier alpha value is -1.45. The van der Waals surface area contributed by atoms with E-state index in [1.165, 1.54) is 11.1 Å². The van der Waals surface area contributed by atoms with E-state index in [0.29, 0.717) is 6.61 Å². The molecule has 3 nitrogen and oxygen atoms in total. The number of hydrogen-bond acceptors (Lipinski definition) is 3. The lowest BCUT2D eigenvalue weighted by Gasteiger charge is -2.13. The number of aryl methyl sites for hydroxylation is 2. The summed E-state index contributed by atoms with van der Waals surface area (Å²) in [6.07, 6.45) is 0. The van der Waals surface area contributed by atoms with Crippen LogP contribution < -0.4 is 10.1 Å². The lowest BCUT2D eigenvalue weighted by atomic mass is 10.1. The first-order valence-corrected chi connectivity index (χ1v) is 7.12. The molecule has 1 heterocycles. The monoisotopic (exact) mass is 309 g/mol. The summed E-state index contributed by atoms with van der Waals surface area (Å²) < 4.78 is 11.0. The van der Waals surface area contributed by atoms with Gasteiger partial charge in [0.15, 0.2) is 0 Å². The summed E-state index contributed by atoms with van der Waals surface area (Å²) in [5.74, 6) is 2.88. The second-order valence-electron chi connectivity index (χ2n) is 5.05. The Kier molecular flexibility index (Phi) is 6.79. The highest BCUT2D eigenvalue weighted by molar-refractivity contribution is 5.85. The molecule has 0 radical (unpaired) electrons. The third-order valence-corrected chi connectivity index (χ3v) is 3.39. The van der Waals surface area contributed by atoms with Crippen molar-refractivity contribution in [2.75, 3.05) is 6.61 Å². The Bertz CT molecular complexity index is 548. The largest absolute Gasteiger partial charge is 0.494 e. The lowest BCUT2D eigenvalue weighted by Crippen LogP contribution is -2.18. The van der Waals surface area contributed by atoms with Gasteiger partial charge < -0.3 is 14.5 Å². The molecular weight excluding hydrogens is 286 g/mol. The van der Waals surface area contributed by atoms with Crippen LogP contribution >= 0.6 is 12.4 Å². The number of benzene rings is 1. The summed E-state index contributed by atoms with van der Waals surface area (Å²) in [4.78, 5) is 0. The van der Waals surface area contributed by atoms with Crippen molar-refractivity contribution in [1.82, 2.24) is 5.32 Å². The predicted molar refractivity (Wildman–Crippen MR) is 88.3 cm³/mol. The van der Waals surface area contributed by atoms with Gasteiger partial charge in [-0.2, -0.15) is 0 Å². The van der Waals surface area contributed by atoms with Gasteiger partial charge >= 0.3 is 0 Å². The van der Waals surface area contributed by atoms with E-state index in [-0.39, 0.29) is 18.4 Å². The van der Waals surface area contributed by atoms with Gasteiger partial charge in [0.05, 0.1) is 6.61 Å². The molecule has 4 heteroatoms. The SMILES string of the molecule is CCOc1ccc(CNC(C)c2cc(C)oc2C)cc1.Cl. The third-order valence-electron chi connectivity index (χ3n) is 3.39. The van der Waals surface area contributed by atoms with Crippen LogP contribution in [0, 0.1) is 13.8 Å². The molecule has 1 aromatic heterocycles. The Morgan fingerprint density at radius 1 is 1.19 bits per heavy atom. The van der Waals surface area contributed by atoms with Crippen molar-refractivity contribution in [3.8, 4) is 5.75 Å². The highest BCUT2D eigenvalue weighted by Crippen LogP contribution is 2.21. The Labute approximate surface area is 133 Å². The van der Waals surface area contributed by atoms with Crippen LogP contribution in [0.4, 0.5) is 0 Å². The molecular formula is C17H24ClNO2. The van der Waals surface area contributed by atoms with E-state index in [1.807, 2.05) is 32.9 Å². The molecule has 116 valence electrons. The topological polar surface area (TPSA) is 34.4 Å². The van der Waals surface area contributed by atoms with Crippen molar-refractivity contribution >= 4 is 12.4 Å². The Morgan fingerprint density at radius 2 is 1.86 bits per heavy atom. The van der Waals surface area contributed by atoms with Gasteiger partial charge in [-0.25, -0.2) is 0 Å². The van der Waals surface area contributed by atoms with Gasteiger partial charge in [-0.3, -0.25) is 0 Å². The maximum atomic E-state index is 5.57. The fraction of sp³-hybridized carbons (Fsp3) is 0.412. The smallest absolute Gasteiger partial charge is 0.119 e. The lowest BCUT2D eigenvalue weighted by molar-refractivity contribution is 0.340. The van der Waals surface area contributed by atoms with Crippen LogP contribution in [0.5, 0.6) is 5.75 Å². The molecule has 2 rings (SSSR count). The normalized spacial score (nSPS) is 11.8. The molecule has 0 amide bonds. The van der Waals surface area contributed by atoms with Crippen molar-refractivity contribution in [2.45, 2.75) is 40.3 Å². The quantitative estimate of drug-likeness (QED) is 0.849. The third kappa shape index (κ3) is 4.80. The van der Waals surface area contributed by atoms with Crippen LogP contribution in [0.15, 0.2) is 34.7 Å². The Balaban J connectivity index is 0.00000220. The van der Waals surface area contributed by atoms with Gasteiger partial charge in [0, 0.05) is 18.2 Å². The summed E-state index contributed by atoms with van der Waals surface area (Å²) in [7, 11) is 0. The summed E-state index contributed by atoms with van der Waals surface area (Å²) in [6, 6.07) is 10.6. The number of rotatable bonds is 6. The molecule has 1 aromatic carbocycles. The van der Waals surface area contributed by atoms with Crippen molar-refractivity contribution in [2.24, 2.45) is 0 Å². The van der Waals surface area contributed by atoms with Crippen molar-refractivity contribution in [1.29, 1.82) is 0 Å². The van der Waals surface area contributed by atoms with E-state index >= 15 is 0 Å². The molecule has 0 aliphatic carbocycles. The number of halogens is 1. The molecule has 0 saturated carbocycles. The van der Waals surface area contributed by atoms with E-state index in [9.17, 15) is 0 Å². The van der Waals surface area contributed by atoms with Gasteiger partial charge in [-0.1, -0.05) is 12.1 Å². The molecule has 0 fully saturated rings. The summed E-state index contributed by atoms with van der Waals surface area (Å²) in [5.41, 5.74) is 2.48. The van der Waals surface area contributed by atoms with Crippen molar-refractivity contribution in [3.63, 3.8) is 0 Å². The summed E-state index contributed by atoms with van der Waals surface area (Å²) in [6.45, 7) is 9.68. The first-order chi connectivity index (χ1) is 9.60. The minimum Gasteiger partial charge on any atom is -0.494 e. The highest BCUT2D eigenvalue weighted by Gasteiger charge is 2.11. The molecule has 0 spiro atoms. The van der Waals surface area contributed by atoms with E-state index in [1.54, 1.807) is 0 Å². The first-order valence-electron chi connectivity index (χ1n) is 7.12. The molecule has 1 atom stereocenters. The molecule has 0 aliphatic heterocycles. The van der Waals surface area contributed by atoms with Gasteiger partial charge in [0.25, 0.3) is 0 Å². The summed E-state index contributed by atoms with van der Waals surface area (Å²) in [5, 5.41) is 3.52. The van der Waals surface area contributed by atoms with E-state index in [4.69, 9.17) is 9.15 Å². The molecule has 1 N–H and O–H groups in total. The van der Waals surface area contributed by atoms with E-state index in [0.717, 1.165) is 23.8 Å². The fourth-order valence-corrected chi connectivity index (χ4v) is 2.33. The second-order valence-corrected chi connectivity index (χ2v) is 5.05. The van der Waals surface area contributed by atoms with Gasteiger partial charge in [0.1, 0.15) is 17.3 Å². The predicted octanol–water partition coefficient (Wildman–Crippen LogP) is 4.57. The molecule has 0 saturated heterocycles. The van der Waals surface area contributed by atoms with Crippen LogP contribution in [0.25, 0.3) is 0 Å². The van der Waals surface area contributed by atoms with Crippen LogP contribution in [-0.2, 0) is 6.54 Å². The van der Waals surface area contributed by atoms with E-state index in [2.05, 4.69) is 30.4 Å². The zero-order valence-electron chi connectivity index (χ0n) is 13.1. The molecule has 21 heavy (non-hydrogen) atoms. The maximum Gasteiger partial charge on any atom is 0.119 e. The minimum atomic E-state index is 0. The molecule has 1 unspecified atom stereocenters. The highest BCUT2D eigenvalue weighted by atomic mass is 35.5. The number of hydrogen-bond donors (Lipinski definition) is 1. The molecule has 2 aromatic rings. The standard InChI is InChI=1S/C17H23NO2.ClH/c1-5-19-16-8-6-15(7-9-16)11-18-13(3)17-10-12(2)20-14(17)4;/h6-10,13,18H,5,11H2,1-4H3;1H. The Morgan fingerprint density at radius 3 is 2.38 bits per heavy atom. The van der Waals surface area contributed by atoms with Crippen LogP contribution in [-0.4, -0.2) is 6.61 Å². The van der Waals surface area contributed by atoms with Gasteiger partial charge in [-0.05, 0) is 51.5 Å². The van der Waals surface area contributed by atoms with E-state index < -0.39 is 0 Å². The number of furan rings is 1.